The van der Waals surface area contributed by atoms with Crippen molar-refractivity contribution in [3.63, 3.8) is 0 Å². The van der Waals surface area contributed by atoms with Crippen molar-refractivity contribution in [2.75, 3.05) is 26.0 Å². The average molecular weight is 454 g/mol. The van der Waals surface area contributed by atoms with Crippen molar-refractivity contribution in [1.29, 1.82) is 0 Å². The second kappa shape index (κ2) is 10.7. The van der Waals surface area contributed by atoms with Gasteiger partial charge in [-0.3, -0.25) is 0 Å². The summed E-state index contributed by atoms with van der Waals surface area (Å²) in [6.07, 6.45) is 6.96. The highest BCUT2D eigenvalue weighted by Crippen LogP contribution is 2.28. The highest BCUT2D eigenvalue weighted by atomic mass is 32.2. The van der Waals surface area contributed by atoms with Crippen molar-refractivity contribution in [1.82, 2.24) is 4.90 Å². The molecular formula is C23H35NO6S. The molecule has 0 unspecified atom stereocenters. The molecular weight excluding hydrogens is 418 g/mol. The van der Waals surface area contributed by atoms with E-state index < -0.39 is 9.84 Å². The molecule has 31 heavy (non-hydrogen) atoms. The van der Waals surface area contributed by atoms with Crippen LogP contribution in [-0.2, 0) is 19.3 Å². The first-order valence-corrected chi connectivity index (χ1v) is 13.1. The molecule has 8 heteroatoms. The van der Waals surface area contributed by atoms with Crippen LogP contribution < -0.4 is 4.74 Å². The van der Waals surface area contributed by atoms with Crippen molar-refractivity contribution in [2.45, 2.75) is 75.6 Å². The molecule has 0 radical (unpaired) electrons. The molecule has 0 aromatic heterocycles. The van der Waals surface area contributed by atoms with E-state index in [0.29, 0.717) is 36.3 Å². The summed E-state index contributed by atoms with van der Waals surface area (Å²) in [5.41, 5.74) is 0. The molecule has 1 aromatic carbocycles. The number of hydrogen-bond donors (Lipinski definition) is 0. The molecule has 0 atom stereocenters. The van der Waals surface area contributed by atoms with Gasteiger partial charge in [-0.15, -0.1) is 0 Å². The second-order valence-electron chi connectivity index (χ2n) is 9.05. The monoisotopic (exact) mass is 453 g/mol. The van der Waals surface area contributed by atoms with Gasteiger partial charge >= 0.3 is 6.09 Å². The lowest BCUT2D eigenvalue weighted by Gasteiger charge is -2.35. The summed E-state index contributed by atoms with van der Waals surface area (Å²) >= 11 is 0. The minimum absolute atomic E-state index is 0.126. The Bertz CT molecular complexity index is 807. The predicted molar refractivity (Wildman–Crippen MR) is 118 cm³/mol. The topological polar surface area (TPSA) is 82.1 Å². The third kappa shape index (κ3) is 7.38. The number of nitrogens with zero attached hydrogens (tertiary/aromatic N) is 1. The number of amides is 1. The van der Waals surface area contributed by atoms with Crippen LogP contribution in [0.25, 0.3) is 0 Å². The first kappa shape index (κ1) is 23.9. The van der Waals surface area contributed by atoms with Gasteiger partial charge in [0.1, 0.15) is 5.75 Å². The number of ether oxygens (including phenoxy) is 3. The molecule has 1 aliphatic heterocycles. The maximum Gasteiger partial charge on any atom is 0.409 e. The third-order valence-corrected chi connectivity index (χ3v) is 6.93. The largest absolute Gasteiger partial charge is 0.490 e. The highest BCUT2D eigenvalue weighted by molar-refractivity contribution is 7.90. The fourth-order valence-corrected chi connectivity index (χ4v) is 4.65. The fourth-order valence-electron chi connectivity index (χ4n) is 4.02. The fraction of sp³-hybridized carbons (Fsp3) is 0.696. The van der Waals surface area contributed by atoms with Crippen molar-refractivity contribution < 1.29 is 27.4 Å². The Balaban J connectivity index is 1.36. The van der Waals surface area contributed by atoms with E-state index in [1.807, 2.05) is 13.8 Å². The summed E-state index contributed by atoms with van der Waals surface area (Å²) in [6, 6.07) is 6.62. The summed E-state index contributed by atoms with van der Waals surface area (Å²) in [4.78, 5) is 14.2. The second-order valence-corrected chi connectivity index (χ2v) is 11.1. The number of hydrogen-bond acceptors (Lipinski definition) is 6. The summed E-state index contributed by atoms with van der Waals surface area (Å²) in [7, 11) is -3.19. The molecule has 1 saturated carbocycles. The van der Waals surface area contributed by atoms with E-state index in [1.54, 1.807) is 29.2 Å². The Morgan fingerprint density at radius 1 is 0.968 bits per heavy atom. The molecule has 2 aliphatic rings. The molecule has 1 heterocycles. The SMILES string of the molecule is CC(C)COC(=O)N1CCC(O[C@H]2CC[C@H](Oc3ccc(S(C)(=O)=O)cc3)CC2)CC1. The van der Waals surface area contributed by atoms with Crippen LogP contribution in [0.1, 0.15) is 52.4 Å². The van der Waals surface area contributed by atoms with E-state index in [4.69, 9.17) is 14.2 Å². The summed E-state index contributed by atoms with van der Waals surface area (Å²) in [5.74, 6) is 1.05. The number of rotatable bonds is 7. The van der Waals surface area contributed by atoms with E-state index in [1.165, 1.54) is 6.26 Å². The van der Waals surface area contributed by atoms with Crippen LogP contribution in [-0.4, -0.2) is 63.7 Å². The standard InChI is InChI=1S/C23H35NO6S/c1-17(2)16-28-23(25)24-14-12-21(13-15-24)30-19-6-4-18(5-7-19)29-20-8-10-22(11-9-20)31(3,26)27/h8-11,17-19,21H,4-7,12-16H2,1-3H3/t18-,19-. The Kier molecular flexibility index (Phi) is 8.22. The van der Waals surface area contributed by atoms with E-state index in [0.717, 1.165) is 38.5 Å². The zero-order valence-corrected chi connectivity index (χ0v) is 19.6. The van der Waals surface area contributed by atoms with Crippen LogP contribution in [0.5, 0.6) is 5.75 Å². The number of piperidine rings is 1. The Hall–Kier alpha value is -1.80. The Morgan fingerprint density at radius 2 is 1.52 bits per heavy atom. The van der Waals surface area contributed by atoms with Crippen molar-refractivity contribution in [3.8, 4) is 5.75 Å². The molecule has 2 fully saturated rings. The normalized spacial score (nSPS) is 23.0. The van der Waals surface area contributed by atoms with Gasteiger partial charge in [0.15, 0.2) is 9.84 Å². The molecule has 1 saturated heterocycles. The van der Waals surface area contributed by atoms with E-state index in [2.05, 4.69) is 0 Å². The van der Waals surface area contributed by atoms with Crippen LogP contribution in [0.3, 0.4) is 0 Å². The number of sulfone groups is 1. The minimum atomic E-state index is -3.19. The van der Waals surface area contributed by atoms with E-state index in [9.17, 15) is 13.2 Å². The van der Waals surface area contributed by atoms with Crippen LogP contribution >= 0.6 is 0 Å². The van der Waals surface area contributed by atoms with Gasteiger partial charge in [0.25, 0.3) is 0 Å². The first-order chi connectivity index (χ1) is 14.7. The molecule has 1 aliphatic carbocycles. The molecule has 0 spiro atoms. The zero-order chi connectivity index (χ0) is 22.4. The van der Waals surface area contributed by atoms with Crippen LogP contribution in [0, 0.1) is 5.92 Å². The van der Waals surface area contributed by atoms with E-state index >= 15 is 0 Å². The molecule has 0 N–H and O–H groups in total. The zero-order valence-electron chi connectivity index (χ0n) is 18.8. The number of likely N-dealkylation sites (tertiary alicyclic amines) is 1. The van der Waals surface area contributed by atoms with Gasteiger partial charge < -0.3 is 19.1 Å². The van der Waals surface area contributed by atoms with Gasteiger partial charge in [-0.2, -0.15) is 0 Å². The third-order valence-electron chi connectivity index (χ3n) is 5.80. The summed E-state index contributed by atoms with van der Waals surface area (Å²) < 4.78 is 40.8. The maximum atomic E-state index is 12.1. The van der Waals surface area contributed by atoms with Gasteiger partial charge in [-0.25, -0.2) is 13.2 Å². The number of benzene rings is 1. The number of carbonyl (C=O) groups excluding carboxylic acids is 1. The lowest BCUT2D eigenvalue weighted by Crippen LogP contribution is -2.43. The van der Waals surface area contributed by atoms with Gasteiger partial charge in [0.2, 0.25) is 0 Å². The van der Waals surface area contributed by atoms with Crippen molar-refractivity contribution in [2.24, 2.45) is 5.92 Å². The Morgan fingerprint density at radius 3 is 2.06 bits per heavy atom. The van der Waals surface area contributed by atoms with Crippen LogP contribution in [0.2, 0.25) is 0 Å². The van der Waals surface area contributed by atoms with Gasteiger partial charge in [0, 0.05) is 19.3 Å². The van der Waals surface area contributed by atoms with Gasteiger partial charge in [-0.1, -0.05) is 13.8 Å². The molecule has 1 aromatic rings. The molecule has 1 amide bonds. The minimum Gasteiger partial charge on any atom is -0.490 e. The molecule has 174 valence electrons. The maximum absolute atomic E-state index is 12.1. The lowest BCUT2D eigenvalue weighted by atomic mass is 9.94. The smallest absolute Gasteiger partial charge is 0.409 e. The van der Waals surface area contributed by atoms with E-state index in [-0.39, 0.29) is 24.4 Å². The highest BCUT2D eigenvalue weighted by Gasteiger charge is 2.29. The lowest BCUT2D eigenvalue weighted by molar-refractivity contribution is -0.0652. The number of carbonyl (C=O) groups is 1. The predicted octanol–water partition coefficient (Wildman–Crippen LogP) is 4.05. The summed E-state index contributed by atoms with van der Waals surface area (Å²) in [5, 5.41) is 0. The quantitative estimate of drug-likeness (QED) is 0.619. The molecule has 0 bridgehead atoms. The molecule has 7 nitrogen and oxygen atoms in total. The van der Waals surface area contributed by atoms with Crippen LogP contribution in [0.4, 0.5) is 4.79 Å². The first-order valence-electron chi connectivity index (χ1n) is 11.2. The summed E-state index contributed by atoms with van der Waals surface area (Å²) in [6.45, 7) is 5.89. The average Bonchev–Trinajstić information content (AvgIpc) is 2.74. The van der Waals surface area contributed by atoms with Gasteiger partial charge in [-0.05, 0) is 68.7 Å². The molecule has 3 rings (SSSR count). The van der Waals surface area contributed by atoms with Crippen molar-refractivity contribution in [3.05, 3.63) is 24.3 Å². The van der Waals surface area contributed by atoms with Crippen LogP contribution in [0.15, 0.2) is 29.2 Å². The van der Waals surface area contributed by atoms with Gasteiger partial charge in [0.05, 0.1) is 29.8 Å². The Labute approximate surface area is 186 Å². The van der Waals surface area contributed by atoms with Crippen molar-refractivity contribution >= 4 is 15.9 Å².